The van der Waals surface area contributed by atoms with Crippen LogP contribution in [0.2, 0.25) is 0 Å². The molecule has 1 N–H and O–H groups in total. The fraction of sp³-hybridized carbons (Fsp3) is 0.500. The summed E-state index contributed by atoms with van der Waals surface area (Å²) in [4.78, 5) is 23.0. The van der Waals surface area contributed by atoms with E-state index in [1.807, 2.05) is 12.1 Å². The molecule has 0 heterocycles. The topological polar surface area (TPSA) is 55.4 Å². The molecule has 2 rings (SSSR count). The Morgan fingerprint density at radius 3 is 2.80 bits per heavy atom. The largest absolute Gasteiger partial charge is 0.469 e. The zero-order chi connectivity index (χ0) is 14.5. The summed E-state index contributed by atoms with van der Waals surface area (Å²) in [6.07, 6.45) is 2.19. The molecule has 0 unspecified atom stereocenters. The van der Waals surface area contributed by atoms with Gasteiger partial charge in [0.25, 0.3) is 0 Å². The maximum atomic E-state index is 12.0. The molecule has 0 saturated carbocycles. The third-order valence-electron chi connectivity index (χ3n) is 3.83. The normalized spacial score (nSPS) is 20.3. The molecule has 2 atom stereocenters. The maximum Gasteiger partial charge on any atom is 0.305 e. The number of nitrogens with one attached hydrogen (secondary N) is 1. The summed E-state index contributed by atoms with van der Waals surface area (Å²) in [6, 6.07) is 8.34. The molecule has 1 aliphatic carbocycles. The van der Waals surface area contributed by atoms with Crippen molar-refractivity contribution in [2.75, 3.05) is 7.11 Å². The van der Waals surface area contributed by atoms with Gasteiger partial charge in [0.2, 0.25) is 5.91 Å². The van der Waals surface area contributed by atoms with E-state index in [4.69, 9.17) is 0 Å². The minimum atomic E-state index is -0.266. The van der Waals surface area contributed by atoms with Gasteiger partial charge in [0.05, 0.1) is 13.2 Å². The SMILES string of the molecule is COC(=O)CCCC(=O)N[C@@H]1c2ccccc2C[C@@H]1C. The summed E-state index contributed by atoms with van der Waals surface area (Å²) < 4.78 is 4.56. The number of esters is 1. The van der Waals surface area contributed by atoms with Gasteiger partial charge < -0.3 is 10.1 Å². The summed E-state index contributed by atoms with van der Waals surface area (Å²) in [5.74, 6) is 0.150. The quantitative estimate of drug-likeness (QED) is 0.839. The second kappa shape index (κ2) is 6.55. The van der Waals surface area contributed by atoms with Crippen molar-refractivity contribution in [2.24, 2.45) is 5.92 Å². The molecule has 1 aromatic rings. The van der Waals surface area contributed by atoms with Crippen molar-refractivity contribution in [3.05, 3.63) is 35.4 Å². The predicted molar refractivity (Wildman–Crippen MR) is 76.1 cm³/mol. The van der Waals surface area contributed by atoms with Crippen LogP contribution in [0, 0.1) is 5.92 Å². The highest BCUT2D eigenvalue weighted by Gasteiger charge is 2.29. The first-order valence-corrected chi connectivity index (χ1v) is 7.05. The second-order valence-electron chi connectivity index (χ2n) is 5.36. The smallest absolute Gasteiger partial charge is 0.305 e. The maximum absolute atomic E-state index is 12.0. The van der Waals surface area contributed by atoms with E-state index in [1.54, 1.807) is 0 Å². The molecule has 1 aliphatic rings. The van der Waals surface area contributed by atoms with Crippen LogP contribution in [0.1, 0.15) is 43.4 Å². The fourth-order valence-electron chi connectivity index (χ4n) is 2.76. The summed E-state index contributed by atoms with van der Waals surface area (Å²) >= 11 is 0. The lowest BCUT2D eigenvalue weighted by atomic mass is 10.0. The van der Waals surface area contributed by atoms with Gasteiger partial charge in [-0.3, -0.25) is 9.59 Å². The average Bonchev–Trinajstić information content (AvgIpc) is 2.75. The van der Waals surface area contributed by atoms with Gasteiger partial charge in [0.1, 0.15) is 0 Å². The molecule has 0 spiro atoms. The Labute approximate surface area is 119 Å². The van der Waals surface area contributed by atoms with E-state index in [0.29, 0.717) is 25.2 Å². The van der Waals surface area contributed by atoms with Crippen LogP contribution in [0.3, 0.4) is 0 Å². The van der Waals surface area contributed by atoms with Crippen LogP contribution < -0.4 is 5.32 Å². The molecule has 0 radical (unpaired) electrons. The van der Waals surface area contributed by atoms with Crippen LogP contribution in [-0.4, -0.2) is 19.0 Å². The summed E-state index contributed by atoms with van der Waals surface area (Å²) in [5, 5.41) is 3.09. The predicted octanol–water partition coefficient (Wildman–Crippen LogP) is 2.38. The lowest BCUT2D eigenvalue weighted by Crippen LogP contribution is -2.30. The number of ether oxygens (including phenoxy) is 1. The number of amides is 1. The van der Waals surface area contributed by atoms with Crippen molar-refractivity contribution in [1.29, 1.82) is 0 Å². The monoisotopic (exact) mass is 275 g/mol. The van der Waals surface area contributed by atoms with Gasteiger partial charge >= 0.3 is 5.97 Å². The van der Waals surface area contributed by atoms with Crippen molar-refractivity contribution in [1.82, 2.24) is 5.32 Å². The van der Waals surface area contributed by atoms with Gasteiger partial charge in [-0.15, -0.1) is 0 Å². The Bertz CT molecular complexity index is 498. The molecule has 1 amide bonds. The number of hydrogen-bond donors (Lipinski definition) is 1. The van der Waals surface area contributed by atoms with E-state index >= 15 is 0 Å². The van der Waals surface area contributed by atoms with Crippen LogP contribution in [0.15, 0.2) is 24.3 Å². The third kappa shape index (κ3) is 3.38. The molecule has 0 bridgehead atoms. The minimum absolute atomic E-state index is 0.00227. The molecule has 0 fully saturated rings. The molecule has 0 aromatic heterocycles. The number of methoxy groups -OCH3 is 1. The van der Waals surface area contributed by atoms with Gasteiger partial charge in [0, 0.05) is 12.8 Å². The third-order valence-corrected chi connectivity index (χ3v) is 3.83. The van der Waals surface area contributed by atoms with Crippen LogP contribution in [0.4, 0.5) is 0 Å². The van der Waals surface area contributed by atoms with Crippen LogP contribution >= 0.6 is 0 Å². The van der Waals surface area contributed by atoms with Gasteiger partial charge in [-0.1, -0.05) is 31.2 Å². The number of carbonyl (C=O) groups excluding carboxylic acids is 2. The molecular weight excluding hydrogens is 254 g/mol. The van der Waals surface area contributed by atoms with E-state index in [9.17, 15) is 9.59 Å². The number of hydrogen-bond acceptors (Lipinski definition) is 3. The van der Waals surface area contributed by atoms with E-state index in [0.717, 1.165) is 6.42 Å². The van der Waals surface area contributed by atoms with E-state index < -0.39 is 0 Å². The molecule has 4 nitrogen and oxygen atoms in total. The molecule has 108 valence electrons. The van der Waals surface area contributed by atoms with Gasteiger partial charge in [0.15, 0.2) is 0 Å². The zero-order valence-corrected chi connectivity index (χ0v) is 12.0. The van der Waals surface area contributed by atoms with Crippen LogP contribution in [0.5, 0.6) is 0 Å². The molecule has 0 aliphatic heterocycles. The second-order valence-corrected chi connectivity index (χ2v) is 5.36. The van der Waals surface area contributed by atoms with Gasteiger partial charge in [-0.25, -0.2) is 0 Å². The Kier molecular flexibility index (Phi) is 4.77. The molecule has 0 saturated heterocycles. The summed E-state index contributed by atoms with van der Waals surface area (Å²) in [6.45, 7) is 2.15. The Hall–Kier alpha value is -1.84. The van der Waals surface area contributed by atoms with E-state index in [2.05, 4.69) is 29.1 Å². The number of carbonyl (C=O) groups is 2. The highest BCUT2D eigenvalue weighted by atomic mass is 16.5. The van der Waals surface area contributed by atoms with Crippen molar-refractivity contribution in [2.45, 2.75) is 38.6 Å². The Morgan fingerprint density at radius 1 is 1.30 bits per heavy atom. The Morgan fingerprint density at radius 2 is 2.05 bits per heavy atom. The molecular formula is C16H21NO3. The first kappa shape index (κ1) is 14.6. The lowest BCUT2D eigenvalue weighted by molar-refractivity contribution is -0.140. The standard InChI is InChI=1S/C16H21NO3/c1-11-10-12-6-3-4-7-13(12)16(11)17-14(18)8-5-9-15(19)20-2/h3-4,6-7,11,16H,5,8-10H2,1-2H3,(H,17,18)/t11-,16-/m0/s1. The highest BCUT2D eigenvalue weighted by molar-refractivity contribution is 5.77. The number of rotatable bonds is 5. The number of benzene rings is 1. The zero-order valence-electron chi connectivity index (χ0n) is 12.0. The Balaban J connectivity index is 1.87. The van der Waals surface area contributed by atoms with Crippen LogP contribution in [-0.2, 0) is 20.7 Å². The molecule has 1 aromatic carbocycles. The first-order chi connectivity index (χ1) is 9.61. The molecule has 4 heteroatoms. The average molecular weight is 275 g/mol. The number of fused-ring (bicyclic) bond motifs is 1. The van der Waals surface area contributed by atoms with E-state index in [1.165, 1.54) is 18.2 Å². The molecule has 20 heavy (non-hydrogen) atoms. The summed E-state index contributed by atoms with van der Waals surface area (Å²) in [7, 11) is 1.36. The summed E-state index contributed by atoms with van der Waals surface area (Å²) in [5.41, 5.74) is 2.54. The lowest BCUT2D eigenvalue weighted by Gasteiger charge is -2.18. The van der Waals surface area contributed by atoms with Crippen molar-refractivity contribution >= 4 is 11.9 Å². The van der Waals surface area contributed by atoms with E-state index in [-0.39, 0.29) is 17.9 Å². The van der Waals surface area contributed by atoms with Crippen molar-refractivity contribution in [3.63, 3.8) is 0 Å². The van der Waals surface area contributed by atoms with Crippen molar-refractivity contribution < 1.29 is 14.3 Å². The van der Waals surface area contributed by atoms with Crippen LogP contribution in [0.25, 0.3) is 0 Å². The first-order valence-electron chi connectivity index (χ1n) is 7.05. The van der Waals surface area contributed by atoms with Gasteiger partial charge in [-0.05, 0) is 29.9 Å². The van der Waals surface area contributed by atoms with Crippen molar-refractivity contribution in [3.8, 4) is 0 Å². The highest BCUT2D eigenvalue weighted by Crippen LogP contribution is 2.35. The minimum Gasteiger partial charge on any atom is -0.469 e. The fourth-order valence-corrected chi connectivity index (χ4v) is 2.76. The van der Waals surface area contributed by atoms with Gasteiger partial charge in [-0.2, -0.15) is 0 Å².